The van der Waals surface area contributed by atoms with Gasteiger partial charge >= 0.3 is 5.97 Å². The van der Waals surface area contributed by atoms with E-state index in [-0.39, 0.29) is 10.6 Å². The van der Waals surface area contributed by atoms with Gasteiger partial charge in [0, 0.05) is 5.69 Å². The van der Waals surface area contributed by atoms with E-state index in [9.17, 15) is 18.3 Å². The molecule has 0 radical (unpaired) electrons. The van der Waals surface area contributed by atoms with E-state index in [1.165, 1.54) is 24.4 Å². The normalized spacial score (nSPS) is 12.8. The first-order valence-corrected chi connectivity index (χ1v) is 9.18. The highest BCUT2D eigenvalue weighted by Crippen LogP contribution is 2.23. The van der Waals surface area contributed by atoms with Gasteiger partial charge in [0.15, 0.2) is 15.9 Å². The first-order chi connectivity index (χ1) is 11.9. The van der Waals surface area contributed by atoms with Gasteiger partial charge in [-0.25, -0.2) is 13.2 Å². The Hall–Kier alpha value is -2.87. The predicted molar refractivity (Wildman–Crippen MR) is 96.4 cm³/mol. The van der Waals surface area contributed by atoms with Gasteiger partial charge in [0.2, 0.25) is 0 Å². The van der Waals surface area contributed by atoms with Gasteiger partial charge in [-0.15, -0.1) is 0 Å². The Morgan fingerprint density at radius 1 is 1.28 bits per heavy atom. The minimum atomic E-state index is -3.41. The van der Waals surface area contributed by atoms with Crippen LogP contribution in [0.5, 0.6) is 0 Å². The SMILES string of the molecule is CCS(=O)(=O)c1cccc(C(Nc2ccc(C=NN)cc2)C(=O)O)c1. The number of benzene rings is 2. The fourth-order valence-corrected chi connectivity index (χ4v) is 3.19. The zero-order chi connectivity index (χ0) is 18.4. The number of aliphatic carboxylic acids is 1. The largest absolute Gasteiger partial charge is 0.479 e. The summed E-state index contributed by atoms with van der Waals surface area (Å²) in [5.74, 6) is 3.92. The topological polar surface area (TPSA) is 122 Å². The van der Waals surface area contributed by atoms with Gasteiger partial charge in [0.1, 0.15) is 0 Å². The van der Waals surface area contributed by atoms with Gasteiger partial charge in [-0.1, -0.05) is 31.2 Å². The number of nitrogens with zero attached hydrogens (tertiary/aromatic N) is 1. The monoisotopic (exact) mass is 361 g/mol. The lowest BCUT2D eigenvalue weighted by molar-refractivity contribution is -0.138. The highest BCUT2D eigenvalue weighted by Gasteiger charge is 2.22. The predicted octanol–water partition coefficient (Wildman–Crippen LogP) is 2.01. The van der Waals surface area contributed by atoms with Crippen LogP contribution in [0.2, 0.25) is 0 Å². The van der Waals surface area contributed by atoms with Crippen molar-refractivity contribution >= 4 is 27.7 Å². The molecular weight excluding hydrogens is 342 g/mol. The Morgan fingerprint density at radius 2 is 1.96 bits per heavy atom. The maximum Gasteiger partial charge on any atom is 0.330 e. The molecule has 0 bridgehead atoms. The molecule has 0 spiro atoms. The molecule has 0 aliphatic rings. The number of anilines is 1. The molecule has 0 heterocycles. The Kier molecular flexibility index (Phi) is 5.76. The number of hydrogen-bond donors (Lipinski definition) is 3. The van der Waals surface area contributed by atoms with E-state index in [0.29, 0.717) is 11.3 Å². The summed E-state index contributed by atoms with van der Waals surface area (Å²) in [6.45, 7) is 1.54. The summed E-state index contributed by atoms with van der Waals surface area (Å²) in [6, 6.07) is 11.7. The summed E-state index contributed by atoms with van der Waals surface area (Å²) in [5, 5.41) is 15.8. The van der Waals surface area contributed by atoms with Gasteiger partial charge in [-0.2, -0.15) is 5.10 Å². The molecule has 0 aliphatic carbocycles. The smallest absolute Gasteiger partial charge is 0.330 e. The van der Waals surface area contributed by atoms with Crippen LogP contribution < -0.4 is 11.2 Å². The van der Waals surface area contributed by atoms with E-state index in [4.69, 9.17) is 5.84 Å². The van der Waals surface area contributed by atoms with E-state index in [0.717, 1.165) is 5.56 Å². The first-order valence-electron chi connectivity index (χ1n) is 7.52. The lowest BCUT2D eigenvalue weighted by Gasteiger charge is -2.17. The molecule has 0 aliphatic heterocycles. The second-order valence-corrected chi connectivity index (χ2v) is 7.57. The summed E-state index contributed by atoms with van der Waals surface area (Å²) < 4.78 is 24.0. The Morgan fingerprint density at radius 3 is 2.52 bits per heavy atom. The van der Waals surface area contributed by atoms with Crippen molar-refractivity contribution in [2.45, 2.75) is 17.9 Å². The molecule has 0 saturated carbocycles. The van der Waals surface area contributed by atoms with E-state index in [1.54, 1.807) is 37.3 Å². The van der Waals surface area contributed by atoms with Crippen LogP contribution in [0.1, 0.15) is 24.1 Å². The minimum absolute atomic E-state index is 0.0498. The van der Waals surface area contributed by atoms with Gasteiger partial charge < -0.3 is 16.3 Å². The van der Waals surface area contributed by atoms with Crippen LogP contribution in [0.4, 0.5) is 5.69 Å². The molecule has 0 amide bonds. The molecule has 2 aromatic rings. The standard InChI is InChI=1S/C17H19N3O4S/c1-2-25(23,24)15-5-3-4-13(10-15)16(17(21)22)20-14-8-6-12(7-9-14)11-19-18/h3-11,16,20H,2,18H2,1H3,(H,21,22). The first kappa shape index (κ1) is 18.5. The molecule has 4 N–H and O–H groups in total. The van der Waals surface area contributed by atoms with Crippen LogP contribution in [-0.4, -0.2) is 31.5 Å². The van der Waals surface area contributed by atoms with E-state index < -0.39 is 21.8 Å². The summed E-state index contributed by atoms with van der Waals surface area (Å²) >= 11 is 0. The van der Waals surface area contributed by atoms with E-state index in [2.05, 4.69) is 10.4 Å². The number of carbonyl (C=O) groups is 1. The Balaban J connectivity index is 2.32. The van der Waals surface area contributed by atoms with Crippen molar-refractivity contribution in [1.29, 1.82) is 0 Å². The van der Waals surface area contributed by atoms with Gasteiger partial charge in [-0.05, 0) is 35.4 Å². The second kappa shape index (κ2) is 7.80. The van der Waals surface area contributed by atoms with Crippen molar-refractivity contribution in [2.75, 3.05) is 11.1 Å². The van der Waals surface area contributed by atoms with Crippen molar-refractivity contribution in [1.82, 2.24) is 0 Å². The molecule has 1 unspecified atom stereocenters. The number of rotatable bonds is 7. The van der Waals surface area contributed by atoms with Crippen LogP contribution in [0.15, 0.2) is 58.5 Å². The molecular formula is C17H19N3O4S. The molecule has 7 nitrogen and oxygen atoms in total. The van der Waals surface area contributed by atoms with Gasteiger partial charge in [0.05, 0.1) is 16.9 Å². The van der Waals surface area contributed by atoms with Crippen LogP contribution >= 0.6 is 0 Å². The summed E-state index contributed by atoms with van der Waals surface area (Å²) in [7, 11) is -3.41. The fraction of sp³-hybridized carbons (Fsp3) is 0.176. The van der Waals surface area contributed by atoms with Crippen LogP contribution in [0.3, 0.4) is 0 Å². The quantitative estimate of drug-likeness (QED) is 0.394. The molecule has 0 fully saturated rings. The molecule has 2 rings (SSSR count). The van der Waals surface area contributed by atoms with Crippen molar-refractivity contribution in [3.05, 3.63) is 59.7 Å². The number of hydrogen-bond acceptors (Lipinski definition) is 6. The number of nitrogens with one attached hydrogen (secondary N) is 1. The minimum Gasteiger partial charge on any atom is -0.479 e. The van der Waals surface area contributed by atoms with Crippen LogP contribution in [-0.2, 0) is 14.6 Å². The lowest BCUT2D eigenvalue weighted by Crippen LogP contribution is -2.21. The summed E-state index contributed by atoms with van der Waals surface area (Å²) in [4.78, 5) is 11.8. The third kappa shape index (κ3) is 4.57. The molecule has 25 heavy (non-hydrogen) atoms. The maximum atomic E-state index is 12.0. The third-order valence-corrected chi connectivity index (χ3v) is 5.36. The fourth-order valence-electron chi connectivity index (χ4n) is 2.26. The second-order valence-electron chi connectivity index (χ2n) is 5.29. The Bertz CT molecular complexity index is 877. The van der Waals surface area contributed by atoms with Crippen molar-refractivity contribution in [2.24, 2.45) is 10.9 Å². The number of carboxylic acids is 1. The maximum absolute atomic E-state index is 12.0. The molecule has 0 saturated heterocycles. The summed E-state index contributed by atoms with van der Waals surface area (Å²) in [6.07, 6.45) is 1.47. The number of hydrazone groups is 1. The number of carboxylic acid groups (broad SMARTS) is 1. The molecule has 8 heteroatoms. The average molecular weight is 361 g/mol. The number of sulfone groups is 1. The van der Waals surface area contributed by atoms with Crippen molar-refractivity contribution < 1.29 is 18.3 Å². The van der Waals surface area contributed by atoms with Gasteiger partial charge in [-0.3, -0.25) is 0 Å². The van der Waals surface area contributed by atoms with Crippen LogP contribution in [0, 0.1) is 0 Å². The lowest BCUT2D eigenvalue weighted by atomic mass is 10.1. The highest BCUT2D eigenvalue weighted by molar-refractivity contribution is 7.91. The van der Waals surface area contributed by atoms with E-state index in [1.807, 2.05) is 0 Å². The van der Waals surface area contributed by atoms with Gasteiger partial charge in [0.25, 0.3) is 0 Å². The molecule has 1 atom stereocenters. The molecule has 132 valence electrons. The number of nitrogens with two attached hydrogens (primary N) is 1. The van der Waals surface area contributed by atoms with Crippen molar-refractivity contribution in [3.63, 3.8) is 0 Å². The Labute approximate surface area is 146 Å². The third-order valence-electron chi connectivity index (χ3n) is 3.62. The zero-order valence-electron chi connectivity index (χ0n) is 13.6. The highest BCUT2D eigenvalue weighted by atomic mass is 32.2. The zero-order valence-corrected chi connectivity index (χ0v) is 14.4. The molecule has 2 aromatic carbocycles. The summed E-state index contributed by atoms with van der Waals surface area (Å²) in [5.41, 5.74) is 1.70. The van der Waals surface area contributed by atoms with Crippen molar-refractivity contribution in [3.8, 4) is 0 Å². The average Bonchev–Trinajstić information content (AvgIpc) is 2.61. The van der Waals surface area contributed by atoms with Crippen LogP contribution in [0.25, 0.3) is 0 Å². The molecule has 0 aromatic heterocycles. The van der Waals surface area contributed by atoms with E-state index >= 15 is 0 Å².